The van der Waals surface area contributed by atoms with E-state index in [1.165, 1.54) is 17.7 Å². The molecule has 0 aromatic heterocycles. The lowest BCUT2D eigenvalue weighted by molar-refractivity contribution is 0.474. The van der Waals surface area contributed by atoms with Crippen molar-refractivity contribution < 1.29 is 0 Å². The van der Waals surface area contributed by atoms with Gasteiger partial charge in [0.25, 0.3) is 0 Å². The first-order valence-corrected chi connectivity index (χ1v) is 7.21. The van der Waals surface area contributed by atoms with E-state index >= 15 is 0 Å². The Morgan fingerprint density at radius 1 is 1.50 bits per heavy atom. The van der Waals surface area contributed by atoms with Crippen LogP contribution in [0.4, 0.5) is 0 Å². The van der Waals surface area contributed by atoms with E-state index in [-0.39, 0.29) is 0 Å². The first-order chi connectivity index (χ1) is 7.65. The molecular formula is C13H18ClNS. The summed E-state index contributed by atoms with van der Waals surface area (Å²) in [6.07, 6.45) is 1.27. The van der Waals surface area contributed by atoms with Crippen molar-refractivity contribution in [2.45, 2.75) is 37.6 Å². The maximum atomic E-state index is 6.00. The first-order valence-electron chi connectivity index (χ1n) is 5.78. The molecular weight excluding hydrogens is 238 g/mol. The van der Waals surface area contributed by atoms with E-state index in [0.29, 0.717) is 12.1 Å². The van der Waals surface area contributed by atoms with E-state index in [1.807, 2.05) is 18.2 Å². The fourth-order valence-corrected chi connectivity index (χ4v) is 3.52. The summed E-state index contributed by atoms with van der Waals surface area (Å²) in [5.74, 6) is 1.23. The van der Waals surface area contributed by atoms with E-state index in [2.05, 4.69) is 37.0 Å². The minimum absolute atomic E-state index is 0.384. The number of thioether (sulfide) groups is 1. The zero-order valence-corrected chi connectivity index (χ0v) is 11.3. The Morgan fingerprint density at radius 2 is 2.31 bits per heavy atom. The highest BCUT2D eigenvalue weighted by molar-refractivity contribution is 8.00. The minimum atomic E-state index is 0.384. The van der Waals surface area contributed by atoms with Crippen LogP contribution >= 0.6 is 23.4 Å². The number of rotatable bonds is 3. The SMILES string of the molecule is CC1CC(N[C@H](C)c2cccc(Cl)c2)CS1. The molecule has 16 heavy (non-hydrogen) atoms. The lowest BCUT2D eigenvalue weighted by Gasteiger charge is -2.19. The molecule has 0 spiro atoms. The van der Waals surface area contributed by atoms with Crippen LogP contribution in [0.5, 0.6) is 0 Å². The van der Waals surface area contributed by atoms with Gasteiger partial charge in [0.1, 0.15) is 0 Å². The minimum Gasteiger partial charge on any atom is -0.307 e. The number of nitrogens with one attached hydrogen (secondary N) is 1. The maximum absolute atomic E-state index is 6.00. The highest BCUT2D eigenvalue weighted by Crippen LogP contribution is 2.28. The van der Waals surface area contributed by atoms with Gasteiger partial charge < -0.3 is 5.32 Å². The van der Waals surface area contributed by atoms with Crippen LogP contribution in [0.3, 0.4) is 0 Å². The monoisotopic (exact) mass is 255 g/mol. The van der Waals surface area contributed by atoms with E-state index in [9.17, 15) is 0 Å². The third-order valence-corrected chi connectivity index (χ3v) is 4.62. The van der Waals surface area contributed by atoms with Crippen molar-refractivity contribution in [2.75, 3.05) is 5.75 Å². The summed E-state index contributed by atoms with van der Waals surface area (Å²) < 4.78 is 0. The first kappa shape index (κ1) is 12.3. The molecule has 1 nitrogen and oxygen atoms in total. The van der Waals surface area contributed by atoms with Crippen molar-refractivity contribution in [2.24, 2.45) is 0 Å². The van der Waals surface area contributed by atoms with E-state index < -0.39 is 0 Å². The molecule has 3 atom stereocenters. The van der Waals surface area contributed by atoms with E-state index in [0.717, 1.165) is 10.3 Å². The molecule has 1 saturated heterocycles. The Balaban J connectivity index is 1.95. The van der Waals surface area contributed by atoms with Crippen molar-refractivity contribution in [3.05, 3.63) is 34.9 Å². The molecule has 1 N–H and O–H groups in total. The lowest BCUT2D eigenvalue weighted by Crippen LogP contribution is -2.31. The standard InChI is InChI=1S/C13H18ClNS/c1-9-6-13(8-16-9)15-10(2)11-4-3-5-12(14)7-11/h3-5,7,9-10,13,15H,6,8H2,1-2H3/t9?,10-,13?/m1/s1. The summed E-state index contributed by atoms with van der Waals surface area (Å²) >= 11 is 8.05. The van der Waals surface area contributed by atoms with Crippen molar-refractivity contribution >= 4 is 23.4 Å². The van der Waals surface area contributed by atoms with Gasteiger partial charge in [-0.2, -0.15) is 11.8 Å². The summed E-state index contributed by atoms with van der Waals surface area (Å²) in [6, 6.07) is 9.15. The summed E-state index contributed by atoms with van der Waals surface area (Å²) in [5.41, 5.74) is 1.28. The lowest BCUT2D eigenvalue weighted by atomic mass is 10.1. The quantitative estimate of drug-likeness (QED) is 0.880. The normalized spacial score (nSPS) is 26.9. The molecule has 88 valence electrons. The van der Waals surface area contributed by atoms with Gasteiger partial charge in [0.05, 0.1) is 0 Å². The highest BCUT2D eigenvalue weighted by Gasteiger charge is 2.23. The van der Waals surface area contributed by atoms with Crippen LogP contribution in [-0.4, -0.2) is 17.0 Å². The van der Waals surface area contributed by atoms with Crippen molar-refractivity contribution in [3.63, 3.8) is 0 Å². The summed E-state index contributed by atoms with van der Waals surface area (Å²) in [5, 5.41) is 5.29. The fourth-order valence-electron chi connectivity index (χ4n) is 2.16. The molecule has 1 heterocycles. The molecule has 1 aliphatic rings. The maximum Gasteiger partial charge on any atom is 0.0409 e. The number of benzene rings is 1. The van der Waals surface area contributed by atoms with Crippen LogP contribution in [0.1, 0.15) is 31.9 Å². The van der Waals surface area contributed by atoms with Crippen LogP contribution in [0.25, 0.3) is 0 Å². The molecule has 1 aromatic carbocycles. The summed E-state index contributed by atoms with van der Waals surface area (Å²) in [6.45, 7) is 4.51. The number of halogens is 1. The number of hydrogen-bond donors (Lipinski definition) is 1. The molecule has 0 bridgehead atoms. The molecule has 1 aromatic rings. The van der Waals surface area contributed by atoms with Crippen LogP contribution in [0, 0.1) is 0 Å². The number of hydrogen-bond acceptors (Lipinski definition) is 2. The van der Waals surface area contributed by atoms with Crippen LogP contribution in [0.15, 0.2) is 24.3 Å². The highest BCUT2D eigenvalue weighted by atomic mass is 35.5. The average molecular weight is 256 g/mol. The molecule has 3 heteroatoms. The van der Waals surface area contributed by atoms with Gasteiger partial charge in [0.2, 0.25) is 0 Å². The Kier molecular flexibility index (Phi) is 4.17. The smallest absolute Gasteiger partial charge is 0.0409 e. The molecule has 1 fully saturated rings. The third kappa shape index (κ3) is 3.16. The van der Waals surface area contributed by atoms with Gasteiger partial charge >= 0.3 is 0 Å². The molecule has 0 aliphatic carbocycles. The zero-order valence-electron chi connectivity index (χ0n) is 9.74. The summed E-state index contributed by atoms with van der Waals surface area (Å²) in [7, 11) is 0. The largest absolute Gasteiger partial charge is 0.307 e. The third-order valence-electron chi connectivity index (χ3n) is 3.03. The Hall–Kier alpha value is -0.180. The van der Waals surface area contributed by atoms with Gasteiger partial charge in [-0.3, -0.25) is 0 Å². The van der Waals surface area contributed by atoms with Gasteiger partial charge in [-0.15, -0.1) is 0 Å². The average Bonchev–Trinajstić information content (AvgIpc) is 2.64. The van der Waals surface area contributed by atoms with Gasteiger partial charge in [-0.1, -0.05) is 30.7 Å². The Bertz CT molecular complexity index is 356. The second kappa shape index (κ2) is 5.44. The predicted molar refractivity (Wildman–Crippen MR) is 73.3 cm³/mol. The Labute approximate surface area is 107 Å². The van der Waals surface area contributed by atoms with Crippen LogP contribution in [-0.2, 0) is 0 Å². The predicted octanol–water partition coefficient (Wildman–Crippen LogP) is 3.88. The zero-order chi connectivity index (χ0) is 11.5. The van der Waals surface area contributed by atoms with Gasteiger partial charge in [-0.25, -0.2) is 0 Å². The van der Waals surface area contributed by atoms with Crippen LogP contribution < -0.4 is 5.32 Å². The van der Waals surface area contributed by atoms with Crippen molar-refractivity contribution in [1.29, 1.82) is 0 Å². The second-order valence-electron chi connectivity index (χ2n) is 4.52. The van der Waals surface area contributed by atoms with Crippen molar-refractivity contribution in [1.82, 2.24) is 5.32 Å². The second-order valence-corrected chi connectivity index (χ2v) is 6.43. The van der Waals surface area contributed by atoms with Gasteiger partial charge in [0.15, 0.2) is 0 Å². The van der Waals surface area contributed by atoms with E-state index in [1.54, 1.807) is 0 Å². The molecule has 1 aliphatic heterocycles. The molecule has 2 rings (SSSR count). The molecule has 0 amide bonds. The van der Waals surface area contributed by atoms with E-state index in [4.69, 9.17) is 11.6 Å². The molecule has 0 saturated carbocycles. The van der Waals surface area contributed by atoms with Gasteiger partial charge in [-0.05, 0) is 31.0 Å². The molecule has 0 radical (unpaired) electrons. The topological polar surface area (TPSA) is 12.0 Å². The Morgan fingerprint density at radius 3 is 2.94 bits per heavy atom. The molecule has 2 unspecified atom stereocenters. The summed E-state index contributed by atoms with van der Waals surface area (Å²) in [4.78, 5) is 0. The van der Waals surface area contributed by atoms with Crippen LogP contribution in [0.2, 0.25) is 5.02 Å². The van der Waals surface area contributed by atoms with Crippen molar-refractivity contribution in [3.8, 4) is 0 Å². The van der Waals surface area contributed by atoms with Gasteiger partial charge in [0, 0.05) is 28.1 Å². The fraction of sp³-hybridized carbons (Fsp3) is 0.538.